The zero-order chi connectivity index (χ0) is 17.6. The number of hydrogen-bond donors (Lipinski definition) is 1. The highest BCUT2D eigenvalue weighted by atomic mass is 35.5. The number of nitrogens with one attached hydrogen (secondary N) is 1. The van der Waals surface area contributed by atoms with Crippen LogP contribution < -0.4 is 5.32 Å². The van der Waals surface area contributed by atoms with Gasteiger partial charge in [0.15, 0.2) is 0 Å². The molecule has 1 saturated carbocycles. The van der Waals surface area contributed by atoms with Crippen LogP contribution >= 0.6 is 11.6 Å². The van der Waals surface area contributed by atoms with Gasteiger partial charge in [0, 0.05) is 31.1 Å². The van der Waals surface area contributed by atoms with Crippen LogP contribution in [-0.2, 0) is 16.1 Å². The largest absolute Gasteiger partial charge is 0.352 e. The molecule has 1 N–H and O–H groups in total. The molecule has 2 fully saturated rings. The Labute approximate surface area is 154 Å². The number of rotatable bonds is 5. The summed E-state index contributed by atoms with van der Waals surface area (Å²) in [6.45, 7) is 1.88. The van der Waals surface area contributed by atoms with Gasteiger partial charge >= 0.3 is 0 Å². The first kappa shape index (κ1) is 18.2. The average Bonchev–Trinajstić information content (AvgIpc) is 2.62. The van der Waals surface area contributed by atoms with Crippen LogP contribution in [0.4, 0.5) is 0 Å². The Bertz CT molecular complexity index is 613. The number of carbonyl (C=O) groups excluding carboxylic acids is 2. The Balaban J connectivity index is 1.51. The van der Waals surface area contributed by atoms with Crippen molar-refractivity contribution in [3.63, 3.8) is 0 Å². The molecule has 0 unspecified atom stereocenters. The smallest absolute Gasteiger partial charge is 0.225 e. The van der Waals surface area contributed by atoms with E-state index >= 15 is 0 Å². The van der Waals surface area contributed by atoms with Crippen molar-refractivity contribution >= 4 is 23.4 Å². The maximum Gasteiger partial charge on any atom is 0.225 e. The van der Waals surface area contributed by atoms with Crippen LogP contribution in [0, 0.1) is 11.8 Å². The van der Waals surface area contributed by atoms with E-state index in [1.807, 2.05) is 29.2 Å². The van der Waals surface area contributed by atoms with Crippen molar-refractivity contribution < 1.29 is 9.59 Å². The first-order valence-corrected chi connectivity index (χ1v) is 9.79. The topological polar surface area (TPSA) is 49.4 Å². The molecule has 0 aromatic heterocycles. The number of amides is 2. The summed E-state index contributed by atoms with van der Waals surface area (Å²) in [7, 11) is 0. The van der Waals surface area contributed by atoms with Gasteiger partial charge in [-0.1, -0.05) is 43.0 Å². The van der Waals surface area contributed by atoms with E-state index < -0.39 is 0 Å². The molecule has 1 aromatic rings. The van der Waals surface area contributed by atoms with Gasteiger partial charge < -0.3 is 10.2 Å². The fourth-order valence-electron chi connectivity index (χ4n) is 3.97. The third-order valence-electron chi connectivity index (χ3n) is 5.43. The van der Waals surface area contributed by atoms with E-state index in [4.69, 9.17) is 11.6 Å². The molecule has 2 amide bonds. The minimum Gasteiger partial charge on any atom is -0.352 e. The molecule has 0 radical (unpaired) electrons. The van der Waals surface area contributed by atoms with E-state index in [0.29, 0.717) is 36.9 Å². The minimum absolute atomic E-state index is 0.0427. The maximum absolute atomic E-state index is 12.5. The zero-order valence-corrected chi connectivity index (χ0v) is 15.4. The first-order chi connectivity index (χ1) is 12.1. The summed E-state index contributed by atoms with van der Waals surface area (Å²) in [4.78, 5) is 26.7. The van der Waals surface area contributed by atoms with E-state index in [9.17, 15) is 9.59 Å². The molecule has 5 heteroatoms. The molecule has 136 valence electrons. The van der Waals surface area contributed by atoms with Crippen LogP contribution in [0.2, 0.25) is 5.02 Å². The standard InChI is InChI=1S/C20H27ClN2O2/c21-18-8-4-7-16(11-18)12-22-20(25)17-9-10-19(24)23(14-17)13-15-5-2-1-3-6-15/h4,7-8,11,15,17H,1-3,5-6,9-10,12-14H2,(H,22,25)/t17-/m0/s1. The summed E-state index contributed by atoms with van der Waals surface area (Å²) >= 11 is 5.98. The number of benzene rings is 1. The lowest BCUT2D eigenvalue weighted by Crippen LogP contribution is -2.47. The molecule has 1 atom stereocenters. The number of hydrogen-bond acceptors (Lipinski definition) is 2. The number of halogens is 1. The predicted molar refractivity (Wildman–Crippen MR) is 99.2 cm³/mol. The van der Waals surface area contributed by atoms with Crippen molar-refractivity contribution in [2.75, 3.05) is 13.1 Å². The second kappa shape index (κ2) is 8.70. The van der Waals surface area contributed by atoms with Gasteiger partial charge in [0.25, 0.3) is 0 Å². The van der Waals surface area contributed by atoms with Crippen molar-refractivity contribution in [2.24, 2.45) is 11.8 Å². The van der Waals surface area contributed by atoms with Crippen molar-refractivity contribution in [1.82, 2.24) is 10.2 Å². The lowest BCUT2D eigenvalue weighted by atomic mass is 9.87. The fraction of sp³-hybridized carbons (Fsp3) is 0.600. The highest BCUT2D eigenvalue weighted by molar-refractivity contribution is 6.30. The minimum atomic E-state index is -0.0968. The lowest BCUT2D eigenvalue weighted by molar-refractivity contribution is -0.139. The molecule has 0 bridgehead atoms. The van der Waals surface area contributed by atoms with E-state index in [1.165, 1.54) is 32.1 Å². The summed E-state index contributed by atoms with van der Waals surface area (Å²) in [5.41, 5.74) is 0.992. The Morgan fingerprint density at radius 3 is 2.76 bits per heavy atom. The fourth-order valence-corrected chi connectivity index (χ4v) is 4.18. The maximum atomic E-state index is 12.5. The molecule has 0 spiro atoms. The third kappa shape index (κ3) is 5.21. The molecule has 1 saturated heterocycles. The number of likely N-dealkylation sites (tertiary alicyclic amines) is 1. The van der Waals surface area contributed by atoms with Crippen LogP contribution in [-0.4, -0.2) is 29.8 Å². The molecule has 1 heterocycles. The van der Waals surface area contributed by atoms with Gasteiger partial charge in [-0.3, -0.25) is 9.59 Å². The first-order valence-electron chi connectivity index (χ1n) is 9.42. The summed E-state index contributed by atoms with van der Waals surface area (Å²) in [6.07, 6.45) is 7.44. The Morgan fingerprint density at radius 2 is 2.00 bits per heavy atom. The van der Waals surface area contributed by atoms with E-state index in [1.54, 1.807) is 0 Å². The average molecular weight is 363 g/mol. The molecule has 1 aliphatic carbocycles. The summed E-state index contributed by atoms with van der Waals surface area (Å²) in [5.74, 6) is 0.775. The van der Waals surface area contributed by atoms with Gasteiger partial charge in [-0.15, -0.1) is 0 Å². The number of carbonyl (C=O) groups is 2. The van der Waals surface area contributed by atoms with Crippen LogP contribution in [0.15, 0.2) is 24.3 Å². The van der Waals surface area contributed by atoms with Crippen molar-refractivity contribution in [3.8, 4) is 0 Å². The van der Waals surface area contributed by atoms with Gasteiger partial charge in [-0.2, -0.15) is 0 Å². The quantitative estimate of drug-likeness (QED) is 0.866. The predicted octanol–water partition coefficient (Wildman–Crippen LogP) is 3.78. The number of nitrogens with zero attached hydrogens (tertiary/aromatic N) is 1. The molecule has 3 rings (SSSR count). The van der Waals surface area contributed by atoms with Crippen LogP contribution in [0.3, 0.4) is 0 Å². The Morgan fingerprint density at radius 1 is 1.20 bits per heavy atom. The molecule has 25 heavy (non-hydrogen) atoms. The van der Waals surface area contributed by atoms with Crippen LogP contribution in [0.5, 0.6) is 0 Å². The molecule has 4 nitrogen and oxygen atoms in total. The Hall–Kier alpha value is -1.55. The van der Waals surface area contributed by atoms with Gasteiger partial charge in [-0.05, 0) is 42.9 Å². The Kier molecular flexibility index (Phi) is 6.35. The third-order valence-corrected chi connectivity index (χ3v) is 5.67. The molecular formula is C20H27ClN2O2. The zero-order valence-electron chi connectivity index (χ0n) is 14.7. The highest BCUT2D eigenvalue weighted by Crippen LogP contribution is 2.27. The molecule has 1 aromatic carbocycles. The summed E-state index contributed by atoms with van der Waals surface area (Å²) in [6, 6.07) is 7.52. The molecule has 2 aliphatic rings. The van der Waals surface area contributed by atoms with Gasteiger partial charge in [0.2, 0.25) is 11.8 Å². The number of piperidine rings is 1. The summed E-state index contributed by atoms with van der Waals surface area (Å²) < 4.78 is 0. The van der Waals surface area contributed by atoms with Gasteiger partial charge in [0.1, 0.15) is 0 Å². The normalized spacial score (nSPS) is 22.0. The van der Waals surface area contributed by atoms with E-state index in [2.05, 4.69) is 5.32 Å². The second-order valence-corrected chi connectivity index (χ2v) is 7.82. The van der Waals surface area contributed by atoms with Crippen molar-refractivity contribution in [1.29, 1.82) is 0 Å². The highest BCUT2D eigenvalue weighted by Gasteiger charge is 2.31. The SMILES string of the molecule is O=C(NCc1cccc(Cl)c1)[C@H]1CCC(=O)N(CC2CCCCC2)C1. The monoisotopic (exact) mass is 362 g/mol. The van der Waals surface area contributed by atoms with E-state index in [0.717, 1.165) is 12.1 Å². The van der Waals surface area contributed by atoms with Crippen molar-refractivity contribution in [2.45, 2.75) is 51.5 Å². The van der Waals surface area contributed by atoms with Crippen molar-refractivity contribution in [3.05, 3.63) is 34.9 Å². The van der Waals surface area contributed by atoms with Gasteiger partial charge in [-0.25, -0.2) is 0 Å². The molecule has 1 aliphatic heterocycles. The van der Waals surface area contributed by atoms with Crippen LogP contribution in [0.25, 0.3) is 0 Å². The van der Waals surface area contributed by atoms with Gasteiger partial charge in [0.05, 0.1) is 5.92 Å². The second-order valence-electron chi connectivity index (χ2n) is 7.39. The van der Waals surface area contributed by atoms with E-state index in [-0.39, 0.29) is 17.7 Å². The summed E-state index contributed by atoms with van der Waals surface area (Å²) in [5, 5.41) is 3.67. The lowest BCUT2D eigenvalue weighted by Gasteiger charge is -2.35. The molecular weight excluding hydrogens is 336 g/mol. The van der Waals surface area contributed by atoms with Crippen LogP contribution in [0.1, 0.15) is 50.5 Å².